The van der Waals surface area contributed by atoms with Crippen LogP contribution in [0.3, 0.4) is 0 Å². The van der Waals surface area contributed by atoms with Crippen molar-refractivity contribution in [3.8, 4) is 0 Å². The summed E-state index contributed by atoms with van der Waals surface area (Å²) < 4.78 is 1.23. The first-order valence-electron chi connectivity index (χ1n) is 3.44. The fraction of sp³-hybridized carbons (Fsp3) is 0.667. The Bertz CT molecular complexity index is 277. The van der Waals surface area contributed by atoms with Gasteiger partial charge in [-0.25, -0.2) is 0 Å². The largest absolute Gasteiger partial charge is 0.340 e. The summed E-state index contributed by atoms with van der Waals surface area (Å²) in [5, 5.41) is 1.81. The summed E-state index contributed by atoms with van der Waals surface area (Å²) >= 11 is 0. The zero-order valence-electron chi connectivity index (χ0n) is 5.54. The van der Waals surface area contributed by atoms with Gasteiger partial charge in [0.2, 0.25) is 0 Å². The SMILES string of the molecule is O=c1c(=O)n1N1CCCC1. The molecule has 0 bridgehead atoms. The summed E-state index contributed by atoms with van der Waals surface area (Å²) in [5.41, 5.74) is -0.691. The summed E-state index contributed by atoms with van der Waals surface area (Å²) in [5.74, 6) is 0. The second-order valence-corrected chi connectivity index (χ2v) is 2.58. The third-order valence-corrected chi connectivity index (χ3v) is 1.88. The second kappa shape index (κ2) is 1.71. The first-order valence-corrected chi connectivity index (χ1v) is 3.44. The minimum Gasteiger partial charge on any atom is -0.307 e. The molecule has 0 radical (unpaired) electrons. The highest BCUT2D eigenvalue weighted by Gasteiger charge is 2.24. The molecule has 4 nitrogen and oxygen atoms in total. The van der Waals surface area contributed by atoms with Gasteiger partial charge in [0.1, 0.15) is 0 Å². The lowest BCUT2D eigenvalue weighted by Gasteiger charge is -2.09. The molecule has 10 heavy (non-hydrogen) atoms. The van der Waals surface area contributed by atoms with Gasteiger partial charge in [0.15, 0.2) is 0 Å². The van der Waals surface area contributed by atoms with Crippen LogP contribution in [0.1, 0.15) is 12.8 Å². The molecule has 1 saturated heterocycles. The molecule has 1 fully saturated rings. The van der Waals surface area contributed by atoms with E-state index < -0.39 is 0 Å². The maximum absolute atomic E-state index is 10.5. The summed E-state index contributed by atoms with van der Waals surface area (Å²) in [4.78, 5) is 21.1. The highest BCUT2D eigenvalue weighted by molar-refractivity contribution is 5.01. The van der Waals surface area contributed by atoms with Crippen molar-refractivity contribution < 1.29 is 0 Å². The minimum atomic E-state index is -0.345. The van der Waals surface area contributed by atoms with Crippen LogP contribution in [0.25, 0.3) is 0 Å². The molecule has 0 atom stereocenters. The normalized spacial score (nSPS) is 19.0. The predicted molar refractivity (Wildman–Crippen MR) is 36.5 cm³/mol. The van der Waals surface area contributed by atoms with Crippen LogP contribution in [0.2, 0.25) is 0 Å². The Hall–Kier alpha value is -1.06. The fourth-order valence-electron chi connectivity index (χ4n) is 1.28. The summed E-state index contributed by atoms with van der Waals surface area (Å²) in [7, 11) is 0. The lowest BCUT2D eigenvalue weighted by molar-refractivity contribution is 0.701. The van der Waals surface area contributed by atoms with E-state index in [0.717, 1.165) is 25.9 Å². The van der Waals surface area contributed by atoms with Gasteiger partial charge in [-0.15, -0.1) is 0 Å². The molecular weight excluding hydrogens is 132 g/mol. The van der Waals surface area contributed by atoms with E-state index in [2.05, 4.69) is 0 Å². The molecule has 2 heterocycles. The van der Waals surface area contributed by atoms with Crippen LogP contribution in [0, 0.1) is 0 Å². The van der Waals surface area contributed by atoms with Gasteiger partial charge in [0.05, 0.1) is 0 Å². The van der Waals surface area contributed by atoms with Crippen molar-refractivity contribution in [1.29, 1.82) is 0 Å². The average Bonchev–Trinajstić information content (AvgIpc) is 2.37. The first kappa shape index (κ1) is 5.70. The lowest BCUT2D eigenvalue weighted by Crippen LogP contribution is -2.30. The van der Waals surface area contributed by atoms with Gasteiger partial charge in [0.25, 0.3) is 0 Å². The van der Waals surface area contributed by atoms with Crippen LogP contribution in [-0.2, 0) is 0 Å². The number of hydrogen-bond acceptors (Lipinski definition) is 3. The van der Waals surface area contributed by atoms with Gasteiger partial charge in [-0.3, -0.25) is 9.59 Å². The molecule has 0 saturated carbocycles. The van der Waals surface area contributed by atoms with Crippen molar-refractivity contribution in [2.75, 3.05) is 18.1 Å². The molecule has 0 unspecified atom stereocenters. The lowest BCUT2D eigenvalue weighted by atomic mass is 10.4. The van der Waals surface area contributed by atoms with E-state index in [4.69, 9.17) is 0 Å². The highest BCUT2D eigenvalue weighted by atomic mass is 16.2. The topological polar surface area (TPSA) is 42.3 Å². The molecule has 54 valence electrons. The van der Waals surface area contributed by atoms with Crippen molar-refractivity contribution in [2.24, 2.45) is 0 Å². The molecule has 4 heteroatoms. The van der Waals surface area contributed by atoms with E-state index >= 15 is 0 Å². The zero-order chi connectivity index (χ0) is 7.14. The van der Waals surface area contributed by atoms with Crippen LogP contribution >= 0.6 is 0 Å². The highest BCUT2D eigenvalue weighted by Crippen LogP contribution is 2.03. The third kappa shape index (κ3) is 0.616. The Morgan fingerprint density at radius 2 is 1.50 bits per heavy atom. The van der Waals surface area contributed by atoms with Gasteiger partial charge in [-0.1, -0.05) is 0 Å². The quantitative estimate of drug-likeness (QED) is 0.461. The van der Waals surface area contributed by atoms with Gasteiger partial charge < -0.3 is 5.01 Å². The molecule has 1 aromatic heterocycles. The number of aromatic nitrogens is 1. The number of rotatable bonds is 1. The third-order valence-electron chi connectivity index (χ3n) is 1.88. The van der Waals surface area contributed by atoms with E-state index in [9.17, 15) is 9.59 Å². The van der Waals surface area contributed by atoms with Crippen LogP contribution in [0.5, 0.6) is 0 Å². The second-order valence-electron chi connectivity index (χ2n) is 2.58. The maximum atomic E-state index is 10.5. The van der Waals surface area contributed by atoms with Gasteiger partial charge in [0, 0.05) is 13.1 Å². The van der Waals surface area contributed by atoms with Crippen LogP contribution in [0.4, 0.5) is 0 Å². The fourth-order valence-corrected chi connectivity index (χ4v) is 1.28. The van der Waals surface area contributed by atoms with Crippen molar-refractivity contribution >= 4 is 0 Å². The Morgan fingerprint density at radius 3 is 1.90 bits per heavy atom. The van der Waals surface area contributed by atoms with Crippen LogP contribution in [0.15, 0.2) is 9.59 Å². The van der Waals surface area contributed by atoms with E-state index in [-0.39, 0.29) is 11.1 Å². The van der Waals surface area contributed by atoms with Crippen molar-refractivity contribution in [2.45, 2.75) is 12.8 Å². The van der Waals surface area contributed by atoms with Crippen molar-refractivity contribution in [1.82, 2.24) is 4.68 Å². The Balaban J connectivity index is 2.22. The molecule has 1 aliphatic heterocycles. The van der Waals surface area contributed by atoms with Gasteiger partial charge in [-0.2, -0.15) is 4.68 Å². The molecule has 0 aliphatic carbocycles. The minimum absolute atomic E-state index is 0.345. The molecule has 0 amide bonds. The molecule has 1 aromatic rings. The van der Waals surface area contributed by atoms with Crippen LogP contribution < -0.4 is 16.1 Å². The van der Waals surface area contributed by atoms with Gasteiger partial charge >= 0.3 is 11.1 Å². The van der Waals surface area contributed by atoms with Crippen molar-refractivity contribution in [3.05, 3.63) is 20.7 Å². The monoisotopic (exact) mass is 140 g/mol. The molecular formula is C6H8N2O2. The van der Waals surface area contributed by atoms with E-state index in [1.54, 1.807) is 0 Å². The van der Waals surface area contributed by atoms with Gasteiger partial charge in [-0.05, 0) is 12.8 Å². The Labute approximate surface area is 57.3 Å². The first-order chi connectivity index (χ1) is 4.80. The maximum Gasteiger partial charge on any atom is 0.340 e. The van der Waals surface area contributed by atoms with E-state index in [1.807, 2.05) is 5.01 Å². The Kier molecular flexibility index (Phi) is 0.977. The zero-order valence-corrected chi connectivity index (χ0v) is 5.54. The Morgan fingerprint density at radius 1 is 1.00 bits per heavy atom. The summed E-state index contributed by atoms with van der Waals surface area (Å²) in [6.07, 6.45) is 2.19. The molecule has 2 rings (SSSR count). The molecule has 0 spiro atoms. The standard InChI is InChI=1S/C6H8N2O2/c9-5-6(10)8(5)7-3-1-2-4-7/h1-4H2. The summed E-state index contributed by atoms with van der Waals surface area (Å²) in [6.45, 7) is 1.72. The smallest absolute Gasteiger partial charge is 0.307 e. The summed E-state index contributed by atoms with van der Waals surface area (Å²) in [6, 6.07) is 0. The van der Waals surface area contributed by atoms with Crippen molar-refractivity contribution in [3.63, 3.8) is 0 Å². The number of nitrogens with zero attached hydrogens (tertiary/aromatic N) is 2. The predicted octanol–water partition coefficient (Wildman–Crippen LogP) is -1.18. The number of hydrogen-bond donors (Lipinski definition) is 0. The molecule has 0 aromatic carbocycles. The molecule has 1 aliphatic rings. The van der Waals surface area contributed by atoms with Crippen LogP contribution in [-0.4, -0.2) is 17.8 Å². The average molecular weight is 140 g/mol. The van der Waals surface area contributed by atoms with E-state index in [1.165, 1.54) is 4.68 Å². The molecule has 0 N–H and O–H groups in total. The van der Waals surface area contributed by atoms with E-state index in [0.29, 0.717) is 0 Å².